The number of hydrogen-bond acceptors (Lipinski definition) is 2. The molecule has 0 saturated carbocycles. The van der Waals surface area contributed by atoms with Crippen molar-refractivity contribution in [2.45, 2.75) is 32.8 Å². The number of aliphatic hydroxyl groups excluding tert-OH is 2. The lowest BCUT2D eigenvalue weighted by Gasteiger charge is -1.96. The molecule has 0 aromatic rings. The molecule has 1 unspecified atom stereocenters. The van der Waals surface area contributed by atoms with Gasteiger partial charge in [0.25, 0.3) is 0 Å². The summed E-state index contributed by atoms with van der Waals surface area (Å²) in [5, 5.41) is 17.5. The number of hydrogen-bond donors (Lipinski definition) is 2. The first kappa shape index (κ1) is 20.7. The summed E-state index contributed by atoms with van der Waals surface area (Å²) in [6, 6.07) is 0. The van der Waals surface area contributed by atoms with E-state index in [9.17, 15) is 0 Å². The lowest BCUT2D eigenvalue weighted by molar-refractivity contribution is 0.227. The van der Waals surface area contributed by atoms with Crippen LogP contribution in [0, 0.1) is 0 Å². The predicted molar refractivity (Wildman–Crippen MR) is 89.6 cm³/mol. The van der Waals surface area contributed by atoms with E-state index in [1.54, 1.807) is 12.2 Å². The number of rotatable bonds is 8. The first-order valence-electron chi connectivity index (χ1n) is 6.65. The van der Waals surface area contributed by atoms with E-state index in [1.165, 1.54) is 11.6 Å². The van der Waals surface area contributed by atoms with Gasteiger partial charge in [0.2, 0.25) is 0 Å². The Morgan fingerprint density at radius 1 is 1.15 bits per heavy atom. The SMILES string of the molecule is C=C/C(C)=C/C/C=C(\C)CO.C=C/C=C/CC(O)C=C. The Hall–Kier alpha value is -1.64. The fourth-order valence-electron chi connectivity index (χ4n) is 1.00. The molecule has 0 aromatic carbocycles. The van der Waals surface area contributed by atoms with E-state index < -0.39 is 6.10 Å². The highest BCUT2D eigenvalue weighted by atomic mass is 16.3. The molecule has 2 N–H and O–H groups in total. The molecule has 0 bridgehead atoms. The molecule has 2 nitrogen and oxygen atoms in total. The van der Waals surface area contributed by atoms with E-state index in [2.05, 4.69) is 25.8 Å². The Morgan fingerprint density at radius 3 is 2.25 bits per heavy atom. The van der Waals surface area contributed by atoms with Gasteiger partial charge < -0.3 is 10.2 Å². The van der Waals surface area contributed by atoms with Crippen LogP contribution < -0.4 is 0 Å². The third-order valence-corrected chi connectivity index (χ3v) is 2.40. The molecule has 20 heavy (non-hydrogen) atoms. The molecule has 0 fully saturated rings. The van der Waals surface area contributed by atoms with E-state index in [-0.39, 0.29) is 6.61 Å². The van der Waals surface area contributed by atoms with Gasteiger partial charge in [-0.15, -0.1) is 6.58 Å². The molecular formula is C18H28O2. The fourth-order valence-corrected chi connectivity index (χ4v) is 1.00. The maximum atomic E-state index is 8.88. The third-order valence-electron chi connectivity index (χ3n) is 2.40. The summed E-state index contributed by atoms with van der Waals surface area (Å²) in [6.07, 6.45) is 13.8. The topological polar surface area (TPSA) is 40.5 Å². The molecule has 0 amide bonds. The van der Waals surface area contributed by atoms with Crippen LogP contribution in [0.5, 0.6) is 0 Å². The molecule has 0 saturated heterocycles. The van der Waals surface area contributed by atoms with E-state index >= 15 is 0 Å². The van der Waals surface area contributed by atoms with Gasteiger partial charge in [0.1, 0.15) is 0 Å². The van der Waals surface area contributed by atoms with Crippen molar-refractivity contribution >= 4 is 0 Å². The van der Waals surface area contributed by atoms with Gasteiger partial charge in [0.05, 0.1) is 12.7 Å². The van der Waals surface area contributed by atoms with Gasteiger partial charge in [0, 0.05) is 0 Å². The average Bonchev–Trinajstić information content (AvgIpc) is 2.47. The maximum Gasteiger partial charge on any atom is 0.0752 e. The number of aliphatic hydroxyl groups is 2. The Labute approximate surface area is 123 Å². The molecule has 1 atom stereocenters. The van der Waals surface area contributed by atoms with Crippen LogP contribution in [0.1, 0.15) is 26.7 Å². The molecule has 0 aromatic heterocycles. The van der Waals surface area contributed by atoms with Gasteiger partial charge in [0.15, 0.2) is 0 Å². The fraction of sp³-hybridized carbons (Fsp3) is 0.333. The van der Waals surface area contributed by atoms with Crippen LogP contribution in [-0.2, 0) is 0 Å². The van der Waals surface area contributed by atoms with Crippen LogP contribution in [0.2, 0.25) is 0 Å². The molecule has 0 aliphatic rings. The third kappa shape index (κ3) is 16.4. The maximum absolute atomic E-state index is 8.88. The van der Waals surface area contributed by atoms with E-state index in [0.29, 0.717) is 6.42 Å². The summed E-state index contributed by atoms with van der Waals surface area (Å²) < 4.78 is 0. The van der Waals surface area contributed by atoms with E-state index in [4.69, 9.17) is 10.2 Å². The molecule has 0 spiro atoms. The van der Waals surface area contributed by atoms with Crippen LogP contribution in [-0.4, -0.2) is 22.9 Å². The van der Waals surface area contributed by atoms with Gasteiger partial charge in [-0.3, -0.25) is 0 Å². The first-order valence-corrected chi connectivity index (χ1v) is 6.65. The highest BCUT2D eigenvalue weighted by Crippen LogP contribution is 1.99. The largest absolute Gasteiger partial charge is 0.392 e. The van der Waals surface area contributed by atoms with Crippen LogP contribution >= 0.6 is 0 Å². The Kier molecular flexibility index (Phi) is 15.9. The van der Waals surface area contributed by atoms with Crippen molar-refractivity contribution in [3.63, 3.8) is 0 Å². The minimum Gasteiger partial charge on any atom is -0.392 e. The minimum absolute atomic E-state index is 0.154. The summed E-state index contributed by atoms with van der Waals surface area (Å²) in [4.78, 5) is 0. The zero-order valence-corrected chi connectivity index (χ0v) is 12.8. The quantitative estimate of drug-likeness (QED) is 0.517. The Balaban J connectivity index is 0. The first-order chi connectivity index (χ1) is 9.51. The van der Waals surface area contributed by atoms with Gasteiger partial charge in [-0.25, -0.2) is 0 Å². The van der Waals surface area contributed by atoms with Crippen molar-refractivity contribution in [2.75, 3.05) is 6.61 Å². The standard InChI is InChI=1S/C10H16O.C8H12O/c1-4-9(2)6-5-7-10(3)8-11;1-3-5-6-7-8(9)4-2/h4,6-7,11H,1,5,8H2,2-3H3;3-6,8-9H,1-2,7H2/b9-6+,10-7+;6-5+. The predicted octanol–water partition coefficient (Wildman–Crippen LogP) is 4.11. The zero-order chi connectivity index (χ0) is 15.8. The summed E-state index contributed by atoms with van der Waals surface area (Å²) in [5.74, 6) is 0. The van der Waals surface area contributed by atoms with Crippen LogP contribution in [0.25, 0.3) is 0 Å². The van der Waals surface area contributed by atoms with Crippen LogP contribution in [0.3, 0.4) is 0 Å². The Morgan fingerprint density at radius 2 is 1.80 bits per heavy atom. The second-order valence-corrected chi connectivity index (χ2v) is 4.30. The minimum atomic E-state index is -0.416. The molecule has 0 aliphatic carbocycles. The average molecular weight is 276 g/mol. The second kappa shape index (κ2) is 15.4. The lowest BCUT2D eigenvalue weighted by Crippen LogP contribution is -1.97. The van der Waals surface area contributed by atoms with Crippen molar-refractivity contribution in [1.82, 2.24) is 0 Å². The molecule has 2 heteroatoms. The van der Waals surface area contributed by atoms with Crippen molar-refractivity contribution in [3.8, 4) is 0 Å². The van der Waals surface area contributed by atoms with Crippen molar-refractivity contribution in [2.24, 2.45) is 0 Å². The van der Waals surface area contributed by atoms with E-state index in [1.807, 2.05) is 32.1 Å². The Bertz CT molecular complexity index is 360. The van der Waals surface area contributed by atoms with Gasteiger partial charge in [-0.05, 0) is 26.7 Å². The molecule has 0 aliphatic heterocycles. The zero-order valence-electron chi connectivity index (χ0n) is 12.8. The highest BCUT2D eigenvalue weighted by Gasteiger charge is 1.89. The van der Waals surface area contributed by atoms with Crippen LogP contribution in [0.4, 0.5) is 0 Å². The second-order valence-electron chi connectivity index (χ2n) is 4.30. The van der Waals surface area contributed by atoms with Crippen molar-refractivity contribution < 1.29 is 10.2 Å². The van der Waals surface area contributed by atoms with Gasteiger partial charge >= 0.3 is 0 Å². The van der Waals surface area contributed by atoms with Crippen molar-refractivity contribution in [1.29, 1.82) is 0 Å². The molecule has 0 heterocycles. The smallest absolute Gasteiger partial charge is 0.0752 e. The van der Waals surface area contributed by atoms with Gasteiger partial charge in [-0.2, -0.15) is 0 Å². The summed E-state index contributed by atoms with van der Waals surface area (Å²) in [5.41, 5.74) is 2.19. The van der Waals surface area contributed by atoms with E-state index in [0.717, 1.165) is 12.0 Å². The van der Waals surface area contributed by atoms with Crippen LogP contribution in [0.15, 0.2) is 73.4 Å². The molecular weight excluding hydrogens is 248 g/mol. The molecule has 0 radical (unpaired) electrons. The molecule has 0 rings (SSSR count). The summed E-state index contributed by atoms with van der Waals surface area (Å²) in [7, 11) is 0. The van der Waals surface area contributed by atoms with Crippen molar-refractivity contribution in [3.05, 3.63) is 73.4 Å². The molecule has 112 valence electrons. The lowest BCUT2D eigenvalue weighted by atomic mass is 10.2. The normalized spacial score (nSPS) is 13.4. The van der Waals surface area contributed by atoms with Gasteiger partial charge in [-0.1, -0.05) is 66.8 Å². The summed E-state index contributed by atoms with van der Waals surface area (Å²) >= 11 is 0. The number of allylic oxidation sites excluding steroid dienone is 6. The monoisotopic (exact) mass is 276 g/mol. The highest BCUT2D eigenvalue weighted by molar-refractivity contribution is 5.15. The summed E-state index contributed by atoms with van der Waals surface area (Å²) in [6.45, 7) is 14.6.